The largest absolute Gasteiger partial charge is 0.416 e. The molecule has 0 aliphatic rings. The topological polar surface area (TPSA) is 65.5 Å². The molecule has 186 valence electrons. The Bertz CT molecular complexity index is 1190. The van der Waals surface area contributed by atoms with E-state index in [1.54, 1.807) is 25.1 Å². The van der Waals surface area contributed by atoms with Crippen LogP contribution in [0.3, 0.4) is 0 Å². The summed E-state index contributed by atoms with van der Waals surface area (Å²) in [7, 11) is 0. The predicted molar refractivity (Wildman–Crippen MR) is 127 cm³/mol. The Labute approximate surface area is 205 Å². The van der Waals surface area contributed by atoms with Crippen LogP contribution in [0.5, 0.6) is 5.75 Å². The van der Waals surface area contributed by atoms with Crippen molar-refractivity contribution in [2.45, 2.75) is 59.1 Å². The van der Waals surface area contributed by atoms with Gasteiger partial charge in [0.1, 0.15) is 5.01 Å². The number of carbonyl (C=O) groups is 2. The van der Waals surface area contributed by atoms with Crippen LogP contribution in [0.4, 0.5) is 13.2 Å². The molecule has 3 rings (SSSR count). The number of carbonyl (C=O) groups excluding carboxylic acids is 2. The third-order valence-electron chi connectivity index (χ3n) is 5.33. The third kappa shape index (κ3) is 6.91. The van der Waals surface area contributed by atoms with Gasteiger partial charge in [0.25, 0.3) is 0 Å². The van der Waals surface area contributed by atoms with Crippen molar-refractivity contribution in [3.8, 4) is 16.3 Å². The van der Waals surface area contributed by atoms with E-state index in [-0.39, 0.29) is 18.6 Å². The molecule has 0 fully saturated rings. The van der Waals surface area contributed by atoms with Crippen LogP contribution in [0, 0.1) is 6.92 Å². The molecule has 0 unspecified atom stereocenters. The number of thiazole rings is 1. The number of alkyl halides is 3. The number of hydrogen-bond acceptors (Lipinski definition) is 6. The lowest BCUT2D eigenvalue weighted by Crippen LogP contribution is -2.08. The molecular weight excluding hydrogens is 479 g/mol. The molecule has 1 aromatic heterocycles. The van der Waals surface area contributed by atoms with Crippen molar-refractivity contribution < 1.29 is 32.5 Å². The Kier molecular flexibility index (Phi) is 8.67. The minimum Gasteiger partial charge on any atom is -0.294 e. The highest BCUT2D eigenvalue weighted by Gasteiger charge is 2.30. The first-order valence-electron chi connectivity index (χ1n) is 11.3. The van der Waals surface area contributed by atoms with Crippen molar-refractivity contribution in [3.63, 3.8) is 0 Å². The molecule has 0 saturated carbocycles. The third-order valence-corrected chi connectivity index (χ3v) is 6.53. The molecule has 35 heavy (non-hydrogen) atoms. The first-order chi connectivity index (χ1) is 16.6. The molecule has 0 atom stereocenters. The summed E-state index contributed by atoms with van der Waals surface area (Å²) in [4.78, 5) is 39.6. The second kappa shape index (κ2) is 11.5. The average molecular weight is 506 g/mol. The Morgan fingerprint density at radius 1 is 1.03 bits per heavy atom. The highest BCUT2D eigenvalue weighted by Crippen LogP contribution is 2.33. The monoisotopic (exact) mass is 505 g/mol. The van der Waals surface area contributed by atoms with E-state index in [9.17, 15) is 22.8 Å². The van der Waals surface area contributed by atoms with Crippen molar-refractivity contribution in [3.05, 3.63) is 69.7 Å². The second-order valence-electron chi connectivity index (χ2n) is 8.01. The van der Waals surface area contributed by atoms with E-state index in [2.05, 4.69) is 4.98 Å². The number of ketones is 1. The van der Waals surface area contributed by atoms with Crippen LogP contribution >= 0.6 is 11.3 Å². The average Bonchev–Trinajstić information content (AvgIpc) is 3.24. The maximum absolute atomic E-state index is 12.8. The molecule has 0 radical (unpaired) electrons. The second-order valence-corrected chi connectivity index (χ2v) is 9.09. The summed E-state index contributed by atoms with van der Waals surface area (Å²) in [5, 5.41) is 0.632. The fourth-order valence-electron chi connectivity index (χ4n) is 3.41. The lowest BCUT2D eigenvalue weighted by Gasteiger charge is -2.08. The zero-order valence-electron chi connectivity index (χ0n) is 19.7. The SMILES string of the molecule is CCCC(=O)OOc1ccc(C(=O)CCc2sc(-c3ccc(C(F)(F)F)cc3)nc2CC)cc1C. The van der Waals surface area contributed by atoms with E-state index in [1.807, 2.05) is 13.8 Å². The first-order valence-corrected chi connectivity index (χ1v) is 12.1. The van der Waals surface area contributed by atoms with Crippen LogP contribution in [0.1, 0.15) is 65.2 Å². The number of benzene rings is 2. The summed E-state index contributed by atoms with van der Waals surface area (Å²) in [6, 6.07) is 9.84. The molecule has 2 aromatic carbocycles. The molecule has 0 saturated heterocycles. The molecule has 0 aliphatic carbocycles. The maximum Gasteiger partial charge on any atom is 0.416 e. The van der Waals surface area contributed by atoms with Crippen LogP contribution in [0.2, 0.25) is 0 Å². The van der Waals surface area contributed by atoms with Gasteiger partial charge < -0.3 is 0 Å². The van der Waals surface area contributed by atoms with Gasteiger partial charge in [-0.3, -0.25) is 14.6 Å². The van der Waals surface area contributed by atoms with E-state index in [4.69, 9.17) is 9.78 Å². The Morgan fingerprint density at radius 2 is 1.74 bits per heavy atom. The van der Waals surface area contributed by atoms with Crippen LogP contribution in [0.15, 0.2) is 42.5 Å². The number of halogens is 3. The van der Waals surface area contributed by atoms with E-state index in [0.29, 0.717) is 46.7 Å². The number of aromatic nitrogens is 1. The summed E-state index contributed by atoms with van der Waals surface area (Å²) < 4.78 is 38.5. The minimum atomic E-state index is -4.39. The summed E-state index contributed by atoms with van der Waals surface area (Å²) in [6.07, 6.45) is -2.08. The quantitative estimate of drug-likeness (QED) is 0.166. The van der Waals surface area contributed by atoms with Crippen LogP contribution < -0.4 is 4.89 Å². The lowest BCUT2D eigenvalue weighted by molar-refractivity contribution is -0.214. The van der Waals surface area contributed by atoms with Gasteiger partial charge in [-0.2, -0.15) is 13.2 Å². The Balaban J connectivity index is 1.66. The van der Waals surface area contributed by atoms with Crippen molar-refractivity contribution >= 4 is 23.1 Å². The number of Topliss-reactive ketones (excluding diaryl/α,β-unsaturated/α-hetero) is 1. The molecule has 0 bridgehead atoms. The van der Waals surface area contributed by atoms with Gasteiger partial charge in [0.15, 0.2) is 11.5 Å². The number of hydrogen-bond donors (Lipinski definition) is 0. The molecule has 0 aliphatic heterocycles. The van der Waals surface area contributed by atoms with Gasteiger partial charge in [-0.15, -0.1) is 11.3 Å². The Hall–Kier alpha value is -3.20. The van der Waals surface area contributed by atoms with Gasteiger partial charge in [-0.1, -0.05) is 26.0 Å². The van der Waals surface area contributed by atoms with Gasteiger partial charge in [0, 0.05) is 28.8 Å². The molecule has 5 nitrogen and oxygen atoms in total. The van der Waals surface area contributed by atoms with Crippen molar-refractivity contribution in [2.24, 2.45) is 0 Å². The van der Waals surface area contributed by atoms with Gasteiger partial charge in [-0.05, 0) is 62.1 Å². The van der Waals surface area contributed by atoms with E-state index in [1.165, 1.54) is 23.5 Å². The van der Waals surface area contributed by atoms with Crippen LogP contribution in [-0.4, -0.2) is 16.7 Å². The summed E-state index contributed by atoms with van der Waals surface area (Å²) in [5.74, 6) is -0.156. The van der Waals surface area contributed by atoms with E-state index in [0.717, 1.165) is 22.7 Å². The maximum atomic E-state index is 12.8. The standard InChI is InChI=1S/C26H26F3NO4S/c1-4-6-24(32)34-33-22-13-9-18(15-16(22)3)21(31)12-14-23-20(5-2)30-25(35-23)17-7-10-19(11-8-17)26(27,28)29/h7-11,13,15H,4-6,12,14H2,1-3H3. The van der Waals surface area contributed by atoms with Gasteiger partial charge in [-0.25, -0.2) is 9.78 Å². The van der Waals surface area contributed by atoms with Gasteiger partial charge in [0.05, 0.1) is 11.3 Å². The number of nitrogens with zero attached hydrogens (tertiary/aromatic N) is 1. The molecule has 0 N–H and O–H groups in total. The molecule has 3 aromatic rings. The highest BCUT2D eigenvalue weighted by atomic mass is 32.1. The number of rotatable bonds is 10. The van der Waals surface area contributed by atoms with Crippen molar-refractivity contribution in [1.82, 2.24) is 4.98 Å². The molecular formula is C26H26F3NO4S. The van der Waals surface area contributed by atoms with E-state index >= 15 is 0 Å². The summed E-state index contributed by atoms with van der Waals surface area (Å²) in [5.41, 5.74) is 1.93. The van der Waals surface area contributed by atoms with Crippen LogP contribution in [0.25, 0.3) is 10.6 Å². The van der Waals surface area contributed by atoms with Crippen molar-refractivity contribution in [1.29, 1.82) is 0 Å². The minimum absolute atomic E-state index is 0.0610. The zero-order chi connectivity index (χ0) is 25.6. The fraction of sp³-hybridized carbons (Fsp3) is 0.346. The molecule has 1 heterocycles. The van der Waals surface area contributed by atoms with E-state index < -0.39 is 17.7 Å². The molecule has 9 heteroatoms. The predicted octanol–water partition coefficient (Wildman–Crippen LogP) is 7.15. The van der Waals surface area contributed by atoms with Gasteiger partial charge in [0.2, 0.25) is 0 Å². The first kappa shape index (κ1) is 26.4. The highest BCUT2D eigenvalue weighted by molar-refractivity contribution is 7.15. The normalized spacial score (nSPS) is 11.4. The Morgan fingerprint density at radius 3 is 2.34 bits per heavy atom. The van der Waals surface area contributed by atoms with Crippen molar-refractivity contribution in [2.75, 3.05) is 0 Å². The summed E-state index contributed by atoms with van der Waals surface area (Å²) in [6.45, 7) is 5.57. The lowest BCUT2D eigenvalue weighted by atomic mass is 10.0. The fourth-order valence-corrected chi connectivity index (χ4v) is 4.56. The smallest absolute Gasteiger partial charge is 0.294 e. The van der Waals surface area contributed by atoms with Gasteiger partial charge >= 0.3 is 12.1 Å². The zero-order valence-corrected chi connectivity index (χ0v) is 20.5. The number of aryl methyl sites for hydroxylation is 3. The van der Waals surface area contributed by atoms with Crippen LogP contribution in [-0.2, 0) is 28.7 Å². The summed E-state index contributed by atoms with van der Waals surface area (Å²) >= 11 is 1.39. The molecule has 0 spiro atoms. The molecule has 0 amide bonds.